The van der Waals surface area contributed by atoms with Crippen molar-refractivity contribution >= 4 is 39.8 Å². The predicted molar refractivity (Wildman–Crippen MR) is 110 cm³/mol. The van der Waals surface area contributed by atoms with Crippen LogP contribution in [0.4, 0.5) is 0 Å². The van der Waals surface area contributed by atoms with Crippen LogP contribution in [0.5, 0.6) is 0 Å². The van der Waals surface area contributed by atoms with Crippen molar-refractivity contribution in [1.82, 2.24) is 9.91 Å². The number of nitrogens with zero attached hydrogens (tertiary/aromatic N) is 3. The van der Waals surface area contributed by atoms with Gasteiger partial charge in [-0.05, 0) is 39.2 Å². The van der Waals surface area contributed by atoms with Crippen molar-refractivity contribution in [2.75, 3.05) is 26.2 Å². The van der Waals surface area contributed by atoms with E-state index in [9.17, 15) is 0 Å². The SMILES string of the molecule is Clc1ccccc1CN1CCN(/N=C/C(Br)=C/c2ccccc2)CC1. The van der Waals surface area contributed by atoms with E-state index >= 15 is 0 Å². The van der Waals surface area contributed by atoms with E-state index in [0.29, 0.717) is 0 Å². The molecule has 0 bridgehead atoms. The van der Waals surface area contributed by atoms with Gasteiger partial charge in [-0.15, -0.1) is 0 Å². The number of hydrogen-bond acceptors (Lipinski definition) is 3. The fourth-order valence-electron chi connectivity index (χ4n) is 2.76. The summed E-state index contributed by atoms with van der Waals surface area (Å²) in [7, 11) is 0. The highest BCUT2D eigenvalue weighted by Crippen LogP contribution is 2.18. The molecule has 2 aromatic rings. The maximum Gasteiger partial charge on any atom is 0.0612 e. The first-order valence-corrected chi connectivity index (χ1v) is 9.55. The van der Waals surface area contributed by atoms with Gasteiger partial charge >= 0.3 is 0 Å². The molecule has 1 fully saturated rings. The van der Waals surface area contributed by atoms with Gasteiger partial charge in [0.25, 0.3) is 0 Å². The highest BCUT2D eigenvalue weighted by molar-refractivity contribution is 9.12. The number of allylic oxidation sites excluding steroid dienone is 1. The Hall–Kier alpha value is -1.62. The van der Waals surface area contributed by atoms with Gasteiger partial charge in [-0.2, -0.15) is 5.10 Å². The second-order valence-corrected chi connectivity index (χ2v) is 7.33. The maximum atomic E-state index is 6.25. The van der Waals surface area contributed by atoms with Crippen molar-refractivity contribution in [2.24, 2.45) is 5.10 Å². The smallest absolute Gasteiger partial charge is 0.0612 e. The molecule has 25 heavy (non-hydrogen) atoms. The summed E-state index contributed by atoms with van der Waals surface area (Å²) in [6.45, 7) is 4.72. The Kier molecular flexibility index (Phi) is 6.68. The fraction of sp³-hybridized carbons (Fsp3) is 0.250. The van der Waals surface area contributed by atoms with E-state index in [1.54, 1.807) is 0 Å². The highest BCUT2D eigenvalue weighted by Gasteiger charge is 2.16. The van der Waals surface area contributed by atoms with Gasteiger partial charge in [0.1, 0.15) is 0 Å². The van der Waals surface area contributed by atoms with E-state index in [1.165, 1.54) is 5.56 Å². The van der Waals surface area contributed by atoms with Gasteiger partial charge in [0.05, 0.1) is 6.21 Å². The lowest BCUT2D eigenvalue weighted by Gasteiger charge is -2.33. The first-order chi connectivity index (χ1) is 12.2. The van der Waals surface area contributed by atoms with Gasteiger partial charge in [-0.25, -0.2) is 0 Å². The molecule has 0 saturated carbocycles. The Morgan fingerprint density at radius 1 is 1.00 bits per heavy atom. The van der Waals surface area contributed by atoms with Crippen molar-refractivity contribution in [2.45, 2.75) is 6.54 Å². The van der Waals surface area contributed by atoms with Crippen molar-refractivity contribution in [1.29, 1.82) is 0 Å². The summed E-state index contributed by atoms with van der Waals surface area (Å²) in [5, 5.41) is 7.54. The standard InChI is InChI=1S/C20H21BrClN3/c21-19(14-17-6-2-1-3-7-17)15-23-25-12-10-24(11-13-25)16-18-8-4-5-9-20(18)22/h1-9,14-15H,10-13,16H2/b19-14-,23-15+. The molecule has 1 aliphatic rings. The summed E-state index contributed by atoms with van der Waals surface area (Å²) in [6.07, 6.45) is 3.94. The summed E-state index contributed by atoms with van der Waals surface area (Å²) in [4.78, 5) is 2.42. The Bertz CT molecular complexity index is 738. The van der Waals surface area contributed by atoms with Gasteiger partial charge in [0.15, 0.2) is 0 Å². The van der Waals surface area contributed by atoms with Crippen LogP contribution in [0, 0.1) is 0 Å². The lowest BCUT2D eigenvalue weighted by molar-refractivity contribution is 0.131. The zero-order valence-corrected chi connectivity index (χ0v) is 16.3. The van der Waals surface area contributed by atoms with Gasteiger partial charge in [-0.3, -0.25) is 9.91 Å². The van der Waals surface area contributed by atoms with E-state index in [1.807, 2.05) is 42.6 Å². The molecule has 0 spiro atoms. The third-order valence-electron chi connectivity index (χ3n) is 4.15. The van der Waals surface area contributed by atoms with Gasteiger partial charge in [-0.1, -0.05) is 60.1 Å². The molecule has 0 atom stereocenters. The van der Waals surface area contributed by atoms with Crippen LogP contribution in [0.15, 0.2) is 64.2 Å². The first-order valence-electron chi connectivity index (χ1n) is 8.37. The Morgan fingerprint density at radius 2 is 1.68 bits per heavy atom. The van der Waals surface area contributed by atoms with Crippen molar-refractivity contribution in [3.05, 3.63) is 75.2 Å². The molecule has 3 rings (SSSR count). The van der Waals surface area contributed by atoms with E-state index in [2.05, 4.69) is 55.2 Å². The monoisotopic (exact) mass is 417 g/mol. The zero-order chi connectivity index (χ0) is 17.5. The number of hydrazone groups is 1. The third kappa shape index (κ3) is 5.70. The molecular weight excluding hydrogens is 398 g/mol. The van der Waals surface area contributed by atoms with Gasteiger partial charge in [0, 0.05) is 42.2 Å². The maximum absolute atomic E-state index is 6.25. The molecule has 1 saturated heterocycles. The van der Waals surface area contributed by atoms with E-state index < -0.39 is 0 Å². The lowest BCUT2D eigenvalue weighted by atomic mass is 10.2. The minimum Gasteiger partial charge on any atom is -0.295 e. The molecule has 5 heteroatoms. The average molecular weight is 419 g/mol. The van der Waals surface area contributed by atoms with Crippen LogP contribution in [-0.4, -0.2) is 42.3 Å². The fourth-order valence-corrected chi connectivity index (χ4v) is 3.31. The topological polar surface area (TPSA) is 18.8 Å². The van der Waals surface area contributed by atoms with Gasteiger partial charge < -0.3 is 0 Å². The molecule has 2 aromatic carbocycles. The van der Waals surface area contributed by atoms with Crippen LogP contribution >= 0.6 is 27.5 Å². The molecule has 1 aliphatic heterocycles. The van der Waals surface area contributed by atoms with Crippen LogP contribution in [-0.2, 0) is 6.54 Å². The largest absolute Gasteiger partial charge is 0.295 e. The minimum absolute atomic E-state index is 0.845. The van der Waals surface area contributed by atoms with Crippen LogP contribution in [0.25, 0.3) is 6.08 Å². The Labute approximate surface area is 162 Å². The summed E-state index contributed by atoms with van der Waals surface area (Å²) >= 11 is 9.82. The molecular formula is C20H21BrClN3. The van der Waals surface area contributed by atoms with E-state index in [-0.39, 0.29) is 0 Å². The van der Waals surface area contributed by atoms with Crippen molar-refractivity contribution in [3.63, 3.8) is 0 Å². The predicted octanol–water partition coefficient (Wildman–Crippen LogP) is 4.88. The zero-order valence-electron chi connectivity index (χ0n) is 14.0. The molecule has 3 nitrogen and oxygen atoms in total. The highest BCUT2D eigenvalue weighted by atomic mass is 79.9. The number of benzene rings is 2. The van der Waals surface area contributed by atoms with Crippen LogP contribution in [0.1, 0.15) is 11.1 Å². The van der Waals surface area contributed by atoms with E-state index in [0.717, 1.165) is 47.8 Å². The van der Waals surface area contributed by atoms with E-state index in [4.69, 9.17) is 11.6 Å². The molecule has 0 aromatic heterocycles. The Balaban J connectivity index is 1.49. The molecule has 0 radical (unpaired) electrons. The number of halogens is 2. The second-order valence-electron chi connectivity index (χ2n) is 6.01. The van der Waals surface area contributed by atoms with Crippen LogP contribution in [0.2, 0.25) is 5.02 Å². The lowest BCUT2D eigenvalue weighted by Crippen LogP contribution is -2.43. The molecule has 1 heterocycles. The van der Waals surface area contributed by atoms with Crippen LogP contribution in [0.3, 0.4) is 0 Å². The molecule has 0 unspecified atom stereocenters. The summed E-state index contributed by atoms with van der Waals surface area (Å²) < 4.78 is 0.970. The third-order valence-corrected chi connectivity index (χ3v) is 4.95. The summed E-state index contributed by atoms with van der Waals surface area (Å²) in [5.41, 5.74) is 2.35. The van der Waals surface area contributed by atoms with Crippen molar-refractivity contribution < 1.29 is 0 Å². The first kappa shape index (κ1) is 18.2. The number of rotatable bonds is 5. The molecule has 0 amide bonds. The second kappa shape index (κ2) is 9.18. The number of piperazine rings is 1. The summed E-state index contributed by atoms with van der Waals surface area (Å²) in [5.74, 6) is 0. The van der Waals surface area contributed by atoms with Gasteiger partial charge in [0.2, 0.25) is 0 Å². The molecule has 0 N–H and O–H groups in total. The number of hydrogen-bond donors (Lipinski definition) is 0. The Morgan fingerprint density at radius 3 is 2.40 bits per heavy atom. The molecule has 130 valence electrons. The average Bonchev–Trinajstić information content (AvgIpc) is 2.64. The minimum atomic E-state index is 0.845. The summed E-state index contributed by atoms with van der Waals surface area (Å²) in [6, 6.07) is 18.3. The normalized spacial score (nSPS) is 16.6. The molecule has 0 aliphatic carbocycles. The quantitative estimate of drug-likeness (QED) is 0.645. The van der Waals surface area contributed by atoms with Crippen molar-refractivity contribution in [3.8, 4) is 0 Å². The van der Waals surface area contributed by atoms with Crippen LogP contribution < -0.4 is 0 Å².